The third kappa shape index (κ3) is 16.1. The largest absolute Gasteiger partial charge is 0.461 e. The van der Waals surface area contributed by atoms with Gasteiger partial charge < -0.3 is 31.7 Å². The molecule has 2 rings (SSSR count). The lowest BCUT2D eigenvalue weighted by atomic mass is 10.0. The molecule has 45 heavy (non-hydrogen) atoms. The number of primary amides is 1. The van der Waals surface area contributed by atoms with Crippen LogP contribution in [0.25, 0.3) is 0 Å². The number of nitrogens with two attached hydrogens (primary N) is 1. The number of nitrogens with one attached hydrogen (secondary N) is 4. The second kappa shape index (κ2) is 21.0. The Bertz CT molecular complexity index is 1180. The molecule has 7 amide bonds. The van der Waals surface area contributed by atoms with Crippen molar-refractivity contribution in [3.63, 3.8) is 0 Å². The summed E-state index contributed by atoms with van der Waals surface area (Å²) < 4.78 is 5.06. The van der Waals surface area contributed by atoms with Crippen LogP contribution in [0.2, 0.25) is 0 Å². The highest BCUT2D eigenvalue weighted by atomic mass is 16.5. The Labute approximate surface area is 263 Å². The van der Waals surface area contributed by atoms with Crippen LogP contribution in [0.15, 0.2) is 36.4 Å². The number of urea groups is 1. The SMILES string of the molecule is CCC(=O)OCc1ccc(NC(=O)CNC(=O)C(NC(=O)CCCCCN2C(=O)C=CC2=O)C(C)C)cc1.CCCNC(N)=O. The molecule has 6 N–H and O–H groups in total. The van der Waals surface area contributed by atoms with E-state index in [0.29, 0.717) is 44.5 Å². The van der Waals surface area contributed by atoms with Crippen LogP contribution in [-0.2, 0) is 40.1 Å². The highest BCUT2D eigenvalue weighted by Crippen LogP contribution is 2.11. The van der Waals surface area contributed by atoms with E-state index >= 15 is 0 Å². The summed E-state index contributed by atoms with van der Waals surface area (Å²) in [6.45, 7) is 8.14. The minimum Gasteiger partial charge on any atom is -0.461 e. The molecule has 248 valence electrons. The predicted molar refractivity (Wildman–Crippen MR) is 167 cm³/mol. The van der Waals surface area contributed by atoms with E-state index in [1.165, 1.54) is 12.2 Å². The first-order chi connectivity index (χ1) is 21.4. The van der Waals surface area contributed by atoms with Gasteiger partial charge in [-0.2, -0.15) is 0 Å². The number of nitrogens with zero attached hydrogens (tertiary/aromatic N) is 1. The Hall–Kier alpha value is -4.75. The first-order valence-corrected chi connectivity index (χ1v) is 15.1. The van der Waals surface area contributed by atoms with Gasteiger partial charge in [-0.15, -0.1) is 0 Å². The number of rotatable bonds is 17. The number of esters is 1. The van der Waals surface area contributed by atoms with Crippen molar-refractivity contribution < 1.29 is 38.3 Å². The zero-order chi connectivity index (χ0) is 33.8. The lowest BCUT2D eigenvalue weighted by Crippen LogP contribution is -2.51. The molecule has 0 spiro atoms. The van der Waals surface area contributed by atoms with Gasteiger partial charge in [0, 0.05) is 43.8 Å². The van der Waals surface area contributed by atoms with E-state index in [2.05, 4.69) is 21.3 Å². The Morgan fingerprint density at radius 1 is 0.889 bits per heavy atom. The summed E-state index contributed by atoms with van der Waals surface area (Å²) in [6, 6.07) is 5.55. The van der Waals surface area contributed by atoms with Crippen molar-refractivity contribution in [2.45, 2.75) is 78.9 Å². The lowest BCUT2D eigenvalue weighted by molar-refractivity contribution is -0.144. The second-order valence-corrected chi connectivity index (χ2v) is 10.5. The fourth-order valence-electron chi connectivity index (χ4n) is 3.85. The molecular formula is C31H46N6O8. The molecule has 0 fully saturated rings. The van der Waals surface area contributed by atoms with Gasteiger partial charge in [-0.25, -0.2) is 4.79 Å². The van der Waals surface area contributed by atoms with Crippen LogP contribution in [-0.4, -0.2) is 72.1 Å². The lowest BCUT2D eigenvalue weighted by Gasteiger charge is -2.21. The summed E-state index contributed by atoms with van der Waals surface area (Å²) in [4.78, 5) is 82.6. The summed E-state index contributed by atoms with van der Waals surface area (Å²) >= 11 is 0. The summed E-state index contributed by atoms with van der Waals surface area (Å²) in [5.41, 5.74) is 6.03. The number of imide groups is 1. The van der Waals surface area contributed by atoms with Gasteiger partial charge in [0.15, 0.2) is 0 Å². The van der Waals surface area contributed by atoms with Crippen molar-refractivity contribution in [2.75, 3.05) is 25.0 Å². The van der Waals surface area contributed by atoms with Crippen LogP contribution in [0.4, 0.5) is 10.5 Å². The van der Waals surface area contributed by atoms with Gasteiger partial charge in [-0.3, -0.25) is 33.7 Å². The number of carbonyl (C=O) groups is 7. The minimum atomic E-state index is -0.800. The molecule has 0 bridgehead atoms. The van der Waals surface area contributed by atoms with Crippen LogP contribution in [0.1, 0.15) is 71.8 Å². The van der Waals surface area contributed by atoms with E-state index in [4.69, 9.17) is 10.5 Å². The van der Waals surface area contributed by atoms with E-state index in [0.717, 1.165) is 16.9 Å². The Balaban J connectivity index is 0.00000129. The van der Waals surface area contributed by atoms with Gasteiger partial charge in [-0.05, 0) is 42.9 Å². The van der Waals surface area contributed by atoms with E-state index in [9.17, 15) is 33.6 Å². The van der Waals surface area contributed by atoms with Crippen molar-refractivity contribution in [3.8, 4) is 0 Å². The molecule has 1 aliphatic rings. The topological polar surface area (TPSA) is 206 Å². The predicted octanol–water partition coefficient (Wildman–Crippen LogP) is 1.89. The van der Waals surface area contributed by atoms with Gasteiger partial charge in [0.05, 0.1) is 6.54 Å². The van der Waals surface area contributed by atoms with Crippen molar-refractivity contribution in [2.24, 2.45) is 11.7 Å². The van der Waals surface area contributed by atoms with Gasteiger partial charge >= 0.3 is 12.0 Å². The van der Waals surface area contributed by atoms with Crippen LogP contribution < -0.4 is 27.0 Å². The maximum Gasteiger partial charge on any atom is 0.312 e. The first-order valence-electron chi connectivity index (χ1n) is 15.1. The molecule has 0 saturated carbocycles. The van der Waals surface area contributed by atoms with Gasteiger partial charge in [0.1, 0.15) is 12.6 Å². The van der Waals surface area contributed by atoms with Gasteiger partial charge in [0.25, 0.3) is 11.8 Å². The van der Waals surface area contributed by atoms with Crippen LogP contribution >= 0.6 is 0 Å². The van der Waals surface area contributed by atoms with E-state index in [1.807, 2.05) is 6.92 Å². The fraction of sp³-hybridized carbons (Fsp3) is 0.516. The third-order valence-corrected chi connectivity index (χ3v) is 6.35. The Kier molecular flexibility index (Phi) is 17.9. The number of hydrogen-bond acceptors (Lipinski definition) is 8. The molecule has 1 atom stereocenters. The number of benzene rings is 1. The van der Waals surface area contributed by atoms with Crippen LogP contribution in [0, 0.1) is 5.92 Å². The Morgan fingerprint density at radius 3 is 2.07 bits per heavy atom. The van der Waals surface area contributed by atoms with Crippen LogP contribution in [0.5, 0.6) is 0 Å². The molecule has 14 nitrogen and oxygen atoms in total. The average Bonchev–Trinajstić information content (AvgIpc) is 3.33. The van der Waals surface area contributed by atoms with Crippen molar-refractivity contribution in [1.29, 1.82) is 0 Å². The highest BCUT2D eigenvalue weighted by Gasteiger charge is 2.25. The maximum atomic E-state index is 12.6. The number of anilines is 1. The van der Waals surface area contributed by atoms with E-state index in [1.54, 1.807) is 45.0 Å². The molecule has 1 unspecified atom stereocenters. The minimum absolute atomic E-state index is 0.150. The summed E-state index contributed by atoms with van der Waals surface area (Å²) in [6.07, 6.45) is 5.69. The van der Waals surface area contributed by atoms with Crippen molar-refractivity contribution >= 4 is 47.2 Å². The zero-order valence-corrected chi connectivity index (χ0v) is 26.5. The molecule has 1 aromatic rings. The van der Waals surface area contributed by atoms with E-state index < -0.39 is 23.9 Å². The summed E-state index contributed by atoms with van der Waals surface area (Å²) in [7, 11) is 0. The number of hydrogen-bond donors (Lipinski definition) is 5. The number of amides is 7. The smallest absolute Gasteiger partial charge is 0.312 e. The number of unbranched alkanes of at least 4 members (excludes halogenated alkanes) is 2. The van der Waals surface area contributed by atoms with Crippen molar-refractivity contribution in [3.05, 3.63) is 42.0 Å². The van der Waals surface area contributed by atoms with E-state index in [-0.39, 0.29) is 49.2 Å². The summed E-state index contributed by atoms with van der Waals surface area (Å²) in [5.74, 6) is -2.32. The monoisotopic (exact) mass is 630 g/mol. The van der Waals surface area contributed by atoms with Gasteiger partial charge in [0.2, 0.25) is 17.7 Å². The molecule has 1 heterocycles. The molecule has 0 aliphatic carbocycles. The molecule has 14 heteroatoms. The summed E-state index contributed by atoms with van der Waals surface area (Å²) in [5, 5.41) is 10.4. The maximum absolute atomic E-state index is 12.6. The number of carbonyl (C=O) groups excluding carboxylic acids is 7. The molecule has 0 radical (unpaired) electrons. The third-order valence-electron chi connectivity index (χ3n) is 6.35. The van der Waals surface area contributed by atoms with Gasteiger partial charge in [-0.1, -0.05) is 46.2 Å². The second-order valence-electron chi connectivity index (χ2n) is 10.5. The Morgan fingerprint density at radius 2 is 1.53 bits per heavy atom. The zero-order valence-electron chi connectivity index (χ0n) is 26.5. The molecule has 1 aromatic carbocycles. The highest BCUT2D eigenvalue weighted by molar-refractivity contribution is 6.12. The quantitative estimate of drug-likeness (QED) is 0.0973. The fourth-order valence-corrected chi connectivity index (χ4v) is 3.85. The molecule has 0 aromatic heterocycles. The average molecular weight is 631 g/mol. The normalized spacial score (nSPS) is 12.6. The number of ether oxygens (including phenoxy) is 1. The van der Waals surface area contributed by atoms with Crippen molar-refractivity contribution in [1.82, 2.24) is 20.9 Å². The molecule has 1 aliphatic heterocycles. The first kappa shape index (κ1) is 38.3. The molecule has 0 saturated heterocycles. The van der Waals surface area contributed by atoms with Crippen LogP contribution in [0.3, 0.4) is 0 Å². The standard InChI is InChI=1S/C27H36N4O7.C4H10N2O/c1-4-25(36)38-17-19-9-11-20(12-10-19)29-22(33)16-28-27(37)26(18(2)3)30-21(32)8-6-5-7-15-31-23(34)13-14-24(31)35;1-2-3-6-4(5)7/h9-14,18,26H,4-8,15-17H2,1-3H3,(H,28,37)(H,29,33)(H,30,32);2-3H2,1H3,(H3,5,6,7). The molecular weight excluding hydrogens is 584 g/mol.